The second-order valence-corrected chi connectivity index (χ2v) is 5.28. The molecule has 0 saturated heterocycles. The van der Waals surface area contributed by atoms with Gasteiger partial charge in [-0.25, -0.2) is 0 Å². The summed E-state index contributed by atoms with van der Waals surface area (Å²) in [6.07, 6.45) is 1.57. The van der Waals surface area contributed by atoms with Gasteiger partial charge in [-0.15, -0.1) is 0 Å². The average molecular weight is 345 g/mol. The van der Waals surface area contributed by atoms with E-state index in [0.29, 0.717) is 16.3 Å². The predicted octanol–water partition coefficient (Wildman–Crippen LogP) is 2.87. The van der Waals surface area contributed by atoms with Gasteiger partial charge in [0.25, 0.3) is 11.8 Å². The van der Waals surface area contributed by atoms with E-state index in [0.717, 1.165) is 5.56 Å². The van der Waals surface area contributed by atoms with Gasteiger partial charge >= 0.3 is 0 Å². The molecule has 0 bridgehead atoms. The predicted molar refractivity (Wildman–Crippen MR) is 94.0 cm³/mol. The molecule has 0 unspecified atom stereocenters. The van der Waals surface area contributed by atoms with Crippen molar-refractivity contribution in [1.82, 2.24) is 10.6 Å². The Morgan fingerprint density at radius 3 is 2.38 bits per heavy atom. The van der Waals surface area contributed by atoms with Crippen LogP contribution in [0, 0.1) is 0 Å². The number of methoxy groups -OCH3 is 1. The summed E-state index contributed by atoms with van der Waals surface area (Å²) < 4.78 is 5.17. The molecule has 5 nitrogen and oxygen atoms in total. The summed E-state index contributed by atoms with van der Waals surface area (Å²) in [5.74, 6) is -0.415. The molecule has 2 rings (SSSR count). The summed E-state index contributed by atoms with van der Waals surface area (Å²) >= 11 is 5.85. The summed E-state index contributed by atoms with van der Waals surface area (Å²) in [4.78, 5) is 24.5. The Bertz CT molecular complexity index is 770. The molecule has 24 heavy (non-hydrogen) atoms. The van der Waals surface area contributed by atoms with Crippen molar-refractivity contribution in [2.24, 2.45) is 0 Å². The van der Waals surface area contributed by atoms with Crippen molar-refractivity contribution in [3.05, 3.63) is 70.4 Å². The number of benzene rings is 2. The molecule has 2 aromatic rings. The number of rotatable bonds is 5. The molecule has 2 N–H and O–H groups in total. The van der Waals surface area contributed by atoms with Crippen LogP contribution in [0.25, 0.3) is 6.08 Å². The lowest BCUT2D eigenvalue weighted by Gasteiger charge is -2.11. The highest BCUT2D eigenvalue weighted by Crippen LogP contribution is 2.18. The molecule has 0 saturated carbocycles. The Morgan fingerprint density at radius 1 is 1.08 bits per heavy atom. The molecule has 0 atom stereocenters. The zero-order valence-electron chi connectivity index (χ0n) is 13.3. The third-order valence-corrected chi connectivity index (χ3v) is 3.50. The van der Waals surface area contributed by atoms with Crippen LogP contribution in [0.4, 0.5) is 0 Å². The van der Waals surface area contributed by atoms with Crippen LogP contribution in [-0.2, 0) is 4.79 Å². The first kappa shape index (κ1) is 17.6. The number of ether oxygens (including phenoxy) is 1. The Hall–Kier alpha value is -2.79. The van der Waals surface area contributed by atoms with Crippen molar-refractivity contribution < 1.29 is 14.3 Å². The van der Waals surface area contributed by atoms with E-state index in [1.807, 2.05) is 0 Å². The zero-order chi connectivity index (χ0) is 17.5. The maximum Gasteiger partial charge on any atom is 0.267 e. The van der Waals surface area contributed by atoms with Crippen molar-refractivity contribution in [2.45, 2.75) is 0 Å². The van der Waals surface area contributed by atoms with E-state index in [4.69, 9.17) is 16.3 Å². The molecule has 0 aliphatic heterocycles. The second kappa shape index (κ2) is 8.17. The number of hydrogen-bond acceptors (Lipinski definition) is 3. The SMILES string of the molecule is CNC(=O)/C(=C\c1ccc(Cl)cc1)NC(=O)c1ccccc1OC. The second-order valence-electron chi connectivity index (χ2n) is 4.84. The van der Waals surface area contributed by atoms with Gasteiger partial charge < -0.3 is 15.4 Å². The largest absolute Gasteiger partial charge is 0.496 e. The van der Waals surface area contributed by atoms with Crippen LogP contribution >= 0.6 is 11.6 Å². The van der Waals surface area contributed by atoms with Gasteiger partial charge in [-0.2, -0.15) is 0 Å². The lowest BCUT2D eigenvalue weighted by atomic mass is 10.1. The van der Waals surface area contributed by atoms with Crippen LogP contribution in [0.3, 0.4) is 0 Å². The van der Waals surface area contributed by atoms with E-state index in [9.17, 15) is 9.59 Å². The van der Waals surface area contributed by atoms with Crippen LogP contribution in [0.2, 0.25) is 5.02 Å². The first-order valence-electron chi connectivity index (χ1n) is 7.19. The molecule has 0 aliphatic rings. The van der Waals surface area contributed by atoms with Gasteiger partial charge in [0.05, 0.1) is 12.7 Å². The minimum Gasteiger partial charge on any atom is -0.496 e. The zero-order valence-corrected chi connectivity index (χ0v) is 14.1. The van der Waals surface area contributed by atoms with Crippen LogP contribution in [0.1, 0.15) is 15.9 Å². The topological polar surface area (TPSA) is 67.4 Å². The van der Waals surface area contributed by atoms with Gasteiger partial charge in [-0.05, 0) is 35.9 Å². The molecular weight excluding hydrogens is 328 g/mol. The summed E-state index contributed by atoms with van der Waals surface area (Å²) in [7, 11) is 2.97. The van der Waals surface area contributed by atoms with Gasteiger partial charge in [-0.1, -0.05) is 35.9 Å². The minimum absolute atomic E-state index is 0.121. The van der Waals surface area contributed by atoms with Gasteiger partial charge in [-0.3, -0.25) is 9.59 Å². The van der Waals surface area contributed by atoms with Gasteiger partial charge in [0.15, 0.2) is 0 Å². The quantitative estimate of drug-likeness (QED) is 0.820. The summed E-state index contributed by atoms with van der Waals surface area (Å²) in [5.41, 5.74) is 1.19. The van der Waals surface area contributed by atoms with E-state index < -0.39 is 11.8 Å². The highest BCUT2D eigenvalue weighted by Gasteiger charge is 2.16. The molecule has 2 amide bonds. The van der Waals surface area contributed by atoms with Crippen molar-refractivity contribution in [2.75, 3.05) is 14.2 Å². The van der Waals surface area contributed by atoms with Crippen molar-refractivity contribution in [1.29, 1.82) is 0 Å². The Kier molecular flexibility index (Phi) is 5.98. The highest BCUT2D eigenvalue weighted by molar-refractivity contribution is 6.30. The van der Waals surface area contributed by atoms with E-state index in [1.54, 1.807) is 54.6 Å². The molecular formula is C18H17ClN2O3. The lowest BCUT2D eigenvalue weighted by Crippen LogP contribution is -2.33. The third-order valence-electron chi connectivity index (χ3n) is 3.25. The molecule has 0 spiro atoms. The monoisotopic (exact) mass is 344 g/mol. The smallest absolute Gasteiger partial charge is 0.267 e. The molecule has 0 aliphatic carbocycles. The highest BCUT2D eigenvalue weighted by atomic mass is 35.5. The van der Waals surface area contributed by atoms with Crippen molar-refractivity contribution >= 4 is 29.5 Å². The molecule has 2 aromatic carbocycles. The fourth-order valence-electron chi connectivity index (χ4n) is 2.04. The number of amides is 2. The average Bonchev–Trinajstić information content (AvgIpc) is 2.62. The van der Waals surface area contributed by atoms with E-state index in [1.165, 1.54) is 14.2 Å². The summed E-state index contributed by atoms with van der Waals surface area (Å²) in [6.45, 7) is 0. The molecule has 0 heterocycles. The van der Waals surface area contributed by atoms with Crippen molar-refractivity contribution in [3.8, 4) is 5.75 Å². The number of para-hydroxylation sites is 1. The molecule has 0 fully saturated rings. The maximum atomic E-state index is 12.5. The Labute approximate surface area is 145 Å². The van der Waals surface area contributed by atoms with Gasteiger partial charge in [0.2, 0.25) is 0 Å². The van der Waals surface area contributed by atoms with E-state index in [-0.39, 0.29) is 5.70 Å². The minimum atomic E-state index is -0.434. The number of carbonyl (C=O) groups excluding carboxylic acids is 2. The Morgan fingerprint density at radius 2 is 1.75 bits per heavy atom. The van der Waals surface area contributed by atoms with E-state index >= 15 is 0 Å². The fraction of sp³-hybridized carbons (Fsp3) is 0.111. The van der Waals surface area contributed by atoms with Crippen molar-refractivity contribution in [3.63, 3.8) is 0 Å². The fourth-order valence-corrected chi connectivity index (χ4v) is 2.17. The normalized spacial score (nSPS) is 10.9. The molecule has 6 heteroatoms. The van der Waals surface area contributed by atoms with Crippen LogP contribution < -0.4 is 15.4 Å². The first-order chi connectivity index (χ1) is 11.5. The number of nitrogens with one attached hydrogen (secondary N) is 2. The van der Waals surface area contributed by atoms with Gasteiger partial charge in [0, 0.05) is 12.1 Å². The number of hydrogen-bond donors (Lipinski definition) is 2. The third kappa shape index (κ3) is 4.36. The number of carbonyl (C=O) groups is 2. The number of halogens is 1. The van der Waals surface area contributed by atoms with Crippen LogP contribution in [0.5, 0.6) is 5.75 Å². The van der Waals surface area contributed by atoms with Crippen LogP contribution in [-0.4, -0.2) is 26.0 Å². The number of likely N-dealkylation sites (N-methyl/N-ethyl adjacent to an activating group) is 1. The van der Waals surface area contributed by atoms with Crippen LogP contribution in [0.15, 0.2) is 54.2 Å². The molecule has 0 aromatic heterocycles. The summed E-state index contributed by atoms with van der Waals surface area (Å²) in [5, 5.41) is 5.71. The molecule has 0 radical (unpaired) electrons. The van der Waals surface area contributed by atoms with E-state index in [2.05, 4.69) is 10.6 Å². The summed E-state index contributed by atoms with van der Waals surface area (Å²) in [6, 6.07) is 13.7. The molecule has 124 valence electrons. The first-order valence-corrected chi connectivity index (χ1v) is 7.56. The van der Waals surface area contributed by atoms with Gasteiger partial charge in [0.1, 0.15) is 11.4 Å². The Balaban J connectivity index is 2.30. The maximum absolute atomic E-state index is 12.5. The standard InChI is InChI=1S/C18H17ClN2O3/c1-20-18(23)15(11-12-7-9-13(19)10-8-12)21-17(22)14-5-3-4-6-16(14)24-2/h3-11H,1-2H3,(H,20,23)(H,21,22)/b15-11+. The lowest BCUT2D eigenvalue weighted by molar-refractivity contribution is -0.117.